The molecule has 5 fully saturated rings. The van der Waals surface area contributed by atoms with E-state index >= 15 is 0 Å². The molecule has 1 aliphatic heterocycles. The van der Waals surface area contributed by atoms with Crippen molar-refractivity contribution >= 4 is 5.97 Å². The van der Waals surface area contributed by atoms with Crippen molar-refractivity contribution in [2.45, 2.75) is 108 Å². The molecular weight excluding hydrogens is 404 g/mol. The van der Waals surface area contributed by atoms with Crippen molar-refractivity contribution in [1.29, 1.82) is 0 Å². The van der Waals surface area contributed by atoms with Gasteiger partial charge in [-0.15, -0.1) is 0 Å². The summed E-state index contributed by atoms with van der Waals surface area (Å²) < 4.78 is 11.7. The summed E-state index contributed by atoms with van der Waals surface area (Å²) in [5, 5.41) is 56.6. The fraction of sp³-hybridized carbons (Fsp3) is 0.957. The molecule has 176 valence electrons. The molecule has 1 saturated heterocycles. The Morgan fingerprint density at radius 1 is 1.13 bits per heavy atom. The van der Waals surface area contributed by atoms with Crippen LogP contribution in [0.25, 0.3) is 0 Å². The maximum Gasteiger partial charge on any atom is 0.334 e. The topological polar surface area (TPSA) is 140 Å². The predicted octanol–water partition coefficient (Wildman–Crippen LogP) is 0.116. The molecule has 5 aliphatic rings. The molecule has 1 heterocycles. The maximum absolute atomic E-state index is 12.4. The zero-order valence-corrected chi connectivity index (χ0v) is 18.9. The largest absolute Gasteiger partial charge is 0.459 e. The van der Waals surface area contributed by atoms with Gasteiger partial charge in [0.1, 0.15) is 17.8 Å². The number of hydrogen-bond donors (Lipinski definition) is 5. The Hall–Kier alpha value is -0.770. The number of ether oxygens (including phenoxy) is 2. The molecule has 31 heavy (non-hydrogen) atoms. The van der Waals surface area contributed by atoms with E-state index in [0.717, 1.165) is 0 Å². The van der Waals surface area contributed by atoms with Gasteiger partial charge >= 0.3 is 5.97 Å². The van der Waals surface area contributed by atoms with Crippen molar-refractivity contribution in [3.8, 4) is 0 Å². The van der Waals surface area contributed by atoms with E-state index in [1.807, 2.05) is 13.8 Å². The van der Waals surface area contributed by atoms with Crippen LogP contribution in [0.4, 0.5) is 0 Å². The standard InChI is InChI=1S/C23H36O8/c1-10(24)18(26)31-16-11-6-7-12-21(5,28)15-14-17(30-14)19(2,3)23(15,29)13(25)8-22(12,16)9-20(11,4)27/h10-17,24-25,27-29H,6-9H2,1-5H3/t10?,11-,12+,13+,14+,15+,16-,17+,20-,21+,22+,23+/m1/s1. The van der Waals surface area contributed by atoms with E-state index in [4.69, 9.17) is 9.47 Å². The van der Waals surface area contributed by atoms with Crippen molar-refractivity contribution in [2.24, 2.45) is 28.6 Å². The Balaban J connectivity index is 1.66. The van der Waals surface area contributed by atoms with E-state index < -0.39 is 63.8 Å². The van der Waals surface area contributed by atoms with Gasteiger partial charge in [-0.1, -0.05) is 13.8 Å². The van der Waals surface area contributed by atoms with Gasteiger partial charge < -0.3 is 35.0 Å². The van der Waals surface area contributed by atoms with Crippen LogP contribution in [0, 0.1) is 28.6 Å². The van der Waals surface area contributed by atoms with Crippen LogP contribution in [0.5, 0.6) is 0 Å². The molecule has 8 heteroatoms. The Morgan fingerprint density at radius 3 is 2.39 bits per heavy atom. The Labute approximate surface area is 182 Å². The molecule has 0 aromatic heterocycles. The molecule has 0 aromatic rings. The number of carbonyl (C=O) groups excluding carboxylic acids is 1. The highest BCUT2D eigenvalue weighted by Crippen LogP contribution is 2.73. The van der Waals surface area contributed by atoms with Crippen LogP contribution in [-0.2, 0) is 14.3 Å². The van der Waals surface area contributed by atoms with E-state index in [1.54, 1.807) is 13.8 Å². The van der Waals surface area contributed by atoms with Gasteiger partial charge in [-0.3, -0.25) is 0 Å². The van der Waals surface area contributed by atoms with E-state index in [9.17, 15) is 30.3 Å². The van der Waals surface area contributed by atoms with Gasteiger partial charge in [0, 0.05) is 22.7 Å². The van der Waals surface area contributed by atoms with Gasteiger partial charge in [0.25, 0.3) is 0 Å². The predicted molar refractivity (Wildman–Crippen MR) is 108 cm³/mol. The number of epoxide rings is 1. The van der Waals surface area contributed by atoms with E-state index in [-0.39, 0.29) is 31.0 Å². The van der Waals surface area contributed by atoms with Crippen LogP contribution in [-0.4, -0.2) is 78.8 Å². The average molecular weight is 441 g/mol. The Kier molecular flexibility index (Phi) is 4.28. The first kappa shape index (κ1) is 22.0. The molecule has 4 saturated carbocycles. The number of aliphatic hydroxyl groups is 5. The van der Waals surface area contributed by atoms with Crippen molar-refractivity contribution in [1.82, 2.24) is 0 Å². The summed E-state index contributed by atoms with van der Waals surface area (Å²) in [6.45, 7) is 8.47. The molecule has 1 unspecified atom stereocenters. The van der Waals surface area contributed by atoms with Crippen molar-refractivity contribution < 1.29 is 39.8 Å². The van der Waals surface area contributed by atoms with Gasteiger partial charge in [0.05, 0.1) is 29.5 Å². The highest BCUT2D eigenvalue weighted by atomic mass is 16.6. The molecule has 0 radical (unpaired) electrons. The molecule has 0 aromatic carbocycles. The second-order valence-electron chi connectivity index (χ2n) is 12.0. The van der Waals surface area contributed by atoms with Crippen LogP contribution < -0.4 is 0 Å². The maximum atomic E-state index is 12.4. The molecule has 2 bridgehead atoms. The summed E-state index contributed by atoms with van der Waals surface area (Å²) in [4.78, 5) is 12.4. The van der Waals surface area contributed by atoms with Gasteiger partial charge in [0.15, 0.2) is 0 Å². The Bertz CT molecular complexity index is 805. The number of esters is 1. The third kappa shape index (κ3) is 2.44. The lowest BCUT2D eigenvalue weighted by Gasteiger charge is -2.52. The second-order valence-corrected chi connectivity index (χ2v) is 12.0. The van der Waals surface area contributed by atoms with Crippen LogP contribution in [0.1, 0.15) is 60.3 Å². The lowest BCUT2D eigenvalue weighted by molar-refractivity contribution is -0.223. The van der Waals surface area contributed by atoms with Crippen LogP contribution in [0.15, 0.2) is 0 Å². The minimum absolute atomic E-state index is 0.0914. The monoisotopic (exact) mass is 440 g/mol. The molecule has 1 spiro atoms. The zero-order valence-electron chi connectivity index (χ0n) is 18.9. The first-order valence-corrected chi connectivity index (χ1v) is 11.5. The molecule has 0 amide bonds. The zero-order chi connectivity index (χ0) is 22.9. The number of hydrogen-bond acceptors (Lipinski definition) is 8. The second kappa shape index (κ2) is 6.02. The number of rotatable bonds is 2. The smallest absolute Gasteiger partial charge is 0.334 e. The van der Waals surface area contributed by atoms with E-state index in [2.05, 4.69) is 0 Å². The van der Waals surface area contributed by atoms with Gasteiger partial charge in [-0.05, 0) is 52.4 Å². The number of carbonyl (C=O) groups is 1. The average Bonchev–Trinajstić information content (AvgIpc) is 3.36. The molecular formula is C23H36O8. The molecule has 4 aliphatic carbocycles. The fourth-order valence-corrected chi connectivity index (χ4v) is 8.65. The summed E-state index contributed by atoms with van der Waals surface area (Å²) in [6.07, 6.45) is -2.43. The van der Waals surface area contributed by atoms with Crippen LogP contribution in [0.2, 0.25) is 0 Å². The van der Waals surface area contributed by atoms with Crippen molar-refractivity contribution in [2.75, 3.05) is 0 Å². The molecule has 12 atom stereocenters. The van der Waals surface area contributed by atoms with Gasteiger partial charge in [-0.2, -0.15) is 0 Å². The SMILES string of the molecule is CC(O)C(=O)O[C@@H]1[C@H]2CC[C@H]3[C@](C)(O)[C@@H]4[C@@H]5O[C@@H]5C(C)(C)[C@]4(O)[C@@H](O)C[C@@]13C[C@@]2(C)O. The van der Waals surface area contributed by atoms with Gasteiger partial charge in [-0.25, -0.2) is 4.79 Å². The quantitative estimate of drug-likeness (QED) is 0.301. The van der Waals surface area contributed by atoms with Gasteiger partial charge in [0.2, 0.25) is 0 Å². The van der Waals surface area contributed by atoms with E-state index in [1.165, 1.54) is 6.92 Å². The third-order valence-electron chi connectivity index (χ3n) is 9.95. The van der Waals surface area contributed by atoms with Crippen molar-refractivity contribution in [3.63, 3.8) is 0 Å². The lowest BCUT2D eigenvalue weighted by Crippen LogP contribution is -2.63. The minimum atomic E-state index is -1.58. The number of aliphatic hydroxyl groups excluding tert-OH is 2. The highest BCUT2D eigenvalue weighted by molar-refractivity contribution is 5.74. The molecule has 5 rings (SSSR count). The van der Waals surface area contributed by atoms with Crippen LogP contribution in [0.3, 0.4) is 0 Å². The summed E-state index contributed by atoms with van der Waals surface area (Å²) >= 11 is 0. The Morgan fingerprint density at radius 2 is 1.77 bits per heavy atom. The van der Waals surface area contributed by atoms with Crippen LogP contribution >= 0.6 is 0 Å². The normalized spacial score (nSPS) is 59.7. The third-order valence-corrected chi connectivity index (χ3v) is 9.95. The summed E-state index contributed by atoms with van der Waals surface area (Å²) in [6, 6.07) is 0. The first-order chi connectivity index (χ1) is 14.1. The molecule has 5 N–H and O–H groups in total. The fourth-order valence-electron chi connectivity index (χ4n) is 8.65. The first-order valence-electron chi connectivity index (χ1n) is 11.5. The summed E-state index contributed by atoms with van der Waals surface area (Å²) in [7, 11) is 0. The minimum Gasteiger partial charge on any atom is -0.459 e. The highest BCUT2D eigenvalue weighted by Gasteiger charge is 2.83. The van der Waals surface area contributed by atoms with E-state index in [0.29, 0.717) is 12.8 Å². The lowest BCUT2D eigenvalue weighted by atomic mass is 9.57. The summed E-state index contributed by atoms with van der Waals surface area (Å²) in [5.41, 5.74) is -5.87. The summed E-state index contributed by atoms with van der Waals surface area (Å²) in [5.74, 6) is -2.28. The van der Waals surface area contributed by atoms with Crippen molar-refractivity contribution in [3.05, 3.63) is 0 Å². The number of fused-ring (bicyclic) bond motifs is 4. The molecule has 8 nitrogen and oxygen atoms in total.